The van der Waals surface area contributed by atoms with Crippen LogP contribution in [-0.4, -0.2) is 87.0 Å². The third kappa shape index (κ3) is 5.77. The quantitative estimate of drug-likeness (QED) is 0.609. The number of aromatic nitrogens is 4. The molecule has 2 aromatic rings. The number of piperazine rings is 1. The lowest BCUT2D eigenvalue weighted by molar-refractivity contribution is -0.130. The number of likely N-dealkylation sites (tertiary alicyclic amines) is 1. The molecule has 2 aromatic heterocycles. The van der Waals surface area contributed by atoms with Gasteiger partial charge in [-0.3, -0.25) is 9.69 Å². The van der Waals surface area contributed by atoms with E-state index in [1.807, 2.05) is 22.9 Å². The molecule has 2 fully saturated rings. The largest absolute Gasteiger partial charge is 0.354 e. The number of amides is 1. The second-order valence-corrected chi connectivity index (χ2v) is 9.67. The molecule has 2 aliphatic rings. The first-order valence-electron chi connectivity index (χ1n) is 11.3. The van der Waals surface area contributed by atoms with E-state index < -0.39 is 0 Å². The Bertz CT molecular complexity index is 835. The van der Waals surface area contributed by atoms with Crippen molar-refractivity contribution in [3.8, 4) is 0 Å². The molecule has 0 radical (unpaired) electrons. The van der Waals surface area contributed by atoms with Gasteiger partial charge in [0.15, 0.2) is 5.16 Å². The Hall–Kier alpha value is -2.13. The molecule has 4 heterocycles. The summed E-state index contributed by atoms with van der Waals surface area (Å²) in [7, 11) is 0. The zero-order valence-electron chi connectivity index (χ0n) is 18.6. The minimum absolute atomic E-state index is 0.216. The lowest BCUT2D eigenvalue weighted by Crippen LogP contribution is -2.50. The van der Waals surface area contributed by atoms with Crippen molar-refractivity contribution in [1.29, 1.82) is 0 Å². The van der Waals surface area contributed by atoms with Crippen molar-refractivity contribution in [3.05, 3.63) is 30.7 Å². The highest BCUT2D eigenvalue weighted by atomic mass is 32.2. The molecule has 0 bridgehead atoms. The Kier molecular flexibility index (Phi) is 7.45. The summed E-state index contributed by atoms with van der Waals surface area (Å²) in [5.74, 6) is 2.28. The number of piperidine rings is 1. The maximum Gasteiger partial charge on any atom is 0.233 e. The molecule has 2 saturated heterocycles. The third-order valence-electron chi connectivity index (χ3n) is 6.15. The van der Waals surface area contributed by atoms with Crippen LogP contribution >= 0.6 is 11.8 Å². The zero-order chi connectivity index (χ0) is 21.6. The molecule has 2 aliphatic heterocycles. The van der Waals surface area contributed by atoms with Crippen molar-refractivity contribution in [2.45, 2.75) is 37.9 Å². The van der Waals surface area contributed by atoms with Crippen LogP contribution in [0.1, 0.15) is 32.7 Å². The molecule has 1 atom stereocenters. The first kappa shape index (κ1) is 22.1. The smallest absolute Gasteiger partial charge is 0.233 e. The van der Waals surface area contributed by atoms with Gasteiger partial charge in [-0.2, -0.15) is 0 Å². The molecule has 1 unspecified atom stereocenters. The fraction of sp³-hybridized carbons (Fsp3) is 0.636. The van der Waals surface area contributed by atoms with Gasteiger partial charge in [0.1, 0.15) is 12.1 Å². The van der Waals surface area contributed by atoms with E-state index in [0.717, 1.165) is 63.2 Å². The first-order chi connectivity index (χ1) is 15.1. The van der Waals surface area contributed by atoms with Crippen LogP contribution in [0.5, 0.6) is 0 Å². The standard InChI is InChI=1S/C22H33N7OS/c1-18(2)29-17-24-25-22(29)31-16-21(30)28-9-5-6-19(15-28)14-26-10-12-27(13-11-26)20-7-3-4-8-23-20/h3-4,7-8,17-19H,5-6,9-16H2,1-2H3. The second-order valence-electron chi connectivity index (χ2n) is 8.73. The lowest BCUT2D eigenvalue weighted by Gasteiger charge is -2.39. The summed E-state index contributed by atoms with van der Waals surface area (Å²) in [6.07, 6.45) is 5.90. The van der Waals surface area contributed by atoms with E-state index in [1.54, 1.807) is 6.33 Å². The van der Waals surface area contributed by atoms with Crippen molar-refractivity contribution in [1.82, 2.24) is 29.5 Å². The van der Waals surface area contributed by atoms with Crippen LogP contribution < -0.4 is 4.90 Å². The number of hydrogen-bond acceptors (Lipinski definition) is 7. The van der Waals surface area contributed by atoms with Crippen molar-refractivity contribution in [3.63, 3.8) is 0 Å². The van der Waals surface area contributed by atoms with Gasteiger partial charge in [-0.05, 0) is 44.7 Å². The highest BCUT2D eigenvalue weighted by molar-refractivity contribution is 7.99. The molecule has 4 rings (SSSR count). The van der Waals surface area contributed by atoms with E-state index >= 15 is 0 Å². The summed E-state index contributed by atoms with van der Waals surface area (Å²) in [5, 5.41) is 8.98. The van der Waals surface area contributed by atoms with Crippen LogP contribution in [0.25, 0.3) is 0 Å². The number of pyridine rings is 1. The van der Waals surface area contributed by atoms with Gasteiger partial charge in [0.2, 0.25) is 5.91 Å². The Labute approximate surface area is 189 Å². The summed E-state index contributed by atoms with van der Waals surface area (Å²) in [6, 6.07) is 6.39. The van der Waals surface area contributed by atoms with E-state index in [1.165, 1.54) is 18.2 Å². The van der Waals surface area contributed by atoms with Gasteiger partial charge in [0.05, 0.1) is 5.75 Å². The zero-order valence-corrected chi connectivity index (χ0v) is 19.4. The predicted molar refractivity (Wildman–Crippen MR) is 123 cm³/mol. The van der Waals surface area contributed by atoms with Gasteiger partial charge in [-0.1, -0.05) is 17.8 Å². The van der Waals surface area contributed by atoms with Gasteiger partial charge < -0.3 is 14.4 Å². The summed E-state index contributed by atoms with van der Waals surface area (Å²) in [6.45, 7) is 11.2. The van der Waals surface area contributed by atoms with Crippen LogP contribution in [0.15, 0.2) is 35.9 Å². The van der Waals surface area contributed by atoms with E-state index in [9.17, 15) is 4.79 Å². The molecule has 0 spiro atoms. The minimum Gasteiger partial charge on any atom is -0.354 e. The Morgan fingerprint density at radius 1 is 1.19 bits per heavy atom. The van der Waals surface area contributed by atoms with Crippen molar-refractivity contribution in [2.24, 2.45) is 5.92 Å². The molecule has 0 aliphatic carbocycles. The number of carbonyl (C=O) groups excluding carboxylic acids is 1. The average Bonchev–Trinajstić information content (AvgIpc) is 3.28. The molecule has 9 heteroatoms. The number of thioether (sulfide) groups is 1. The minimum atomic E-state index is 0.216. The molecule has 8 nitrogen and oxygen atoms in total. The topological polar surface area (TPSA) is 70.4 Å². The molecule has 0 N–H and O–H groups in total. The molecule has 1 amide bonds. The van der Waals surface area contributed by atoms with Crippen molar-refractivity contribution >= 4 is 23.5 Å². The predicted octanol–water partition coefficient (Wildman–Crippen LogP) is 2.41. The molecule has 0 aromatic carbocycles. The number of nitrogens with zero attached hydrogens (tertiary/aromatic N) is 7. The van der Waals surface area contributed by atoms with Gasteiger partial charge in [0, 0.05) is 58.1 Å². The summed E-state index contributed by atoms with van der Waals surface area (Å²) in [4.78, 5) is 24.3. The number of hydrogen-bond donors (Lipinski definition) is 0. The Balaban J connectivity index is 1.22. The number of anilines is 1. The van der Waals surface area contributed by atoms with E-state index in [-0.39, 0.29) is 5.91 Å². The summed E-state index contributed by atoms with van der Waals surface area (Å²) < 4.78 is 2.02. The molecular weight excluding hydrogens is 410 g/mol. The third-order valence-corrected chi connectivity index (χ3v) is 7.10. The fourth-order valence-electron chi connectivity index (χ4n) is 4.41. The Morgan fingerprint density at radius 3 is 2.77 bits per heavy atom. The highest BCUT2D eigenvalue weighted by Crippen LogP contribution is 2.23. The van der Waals surface area contributed by atoms with Gasteiger partial charge in [-0.25, -0.2) is 4.98 Å². The molecule has 0 saturated carbocycles. The normalized spacial score (nSPS) is 20.4. The Morgan fingerprint density at radius 2 is 2.03 bits per heavy atom. The van der Waals surface area contributed by atoms with E-state index in [4.69, 9.17) is 0 Å². The van der Waals surface area contributed by atoms with Crippen LogP contribution in [-0.2, 0) is 4.79 Å². The summed E-state index contributed by atoms with van der Waals surface area (Å²) >= 11 is 1.50. The van der Waals surface area contributed by atoms with Gasteiger partial charge in [-0.15, -0.1) is 10.2 Å². The maximum atomic E-state index is 12.8. The molecule has 31 heavy (non-hydrogen) atoms. The van der Waals surface area contributed by atoms with Crippen LogP contribution in [0.3, 0.4) is 0 Å². The fourth-order valence-corrected chi connectivity index (χ4v) is 5.36. The number of rotatable bonds is 7. The van der Waals surface area contributed by atoms with Gasteiger partial charge in [0.25, 0.3) is 0 Å². The lowest BCUT2D eigenvalue weighted by atomic mass is 9.97. The average molecular weight is 444 g/mol. The monoisotopic (exact) mass is 443 g/mol. The van der Waals surface area contributed by atoms with Crippen molar-refractivity contribution in [2.75, 3.05) is 56.5 Å². The maximum absolute atomic E-state index is 12.8. The molecular formula is C22H33N7OS. The SMILES string of the molecule is CC(C)n1cnnc1SCC(=O)N1CCCC(CN2CCN(c3ccccn3)CC2)C1. The first-order valence-corrected chi connectivity index (χ1v) is 12.3. The van der Waals surface area contributed by atoms with Crippen LogP contribution in [0.4, 0.5) is 5.82 Å². The summed E-state index contributed by atoms with van der Waals surface area (Å²) in [5.41, 5.74) is 0. The van der Waals surface area contributed by atoms with Crippen LogP contribution in [0, 0.1) is 5.92 Å². The highest BCUT2D eigenvalue weighted by Gasteiger charge is 2.27. The van der Waals surface area contributed by atoms with E-state index in [0.29, 0.717) is 17.7 Å². The van der Waals surface area contributed by atoms with E-state index in [2.05, 4.69) is 49.8 Å². The van der Waals surface area contributed by atoms with Gasteiger partial charge >= 0.3 is 0 Å². The second kappa shape index (κ2) is 10.5. The van der Waals surface area contributed by atoms with Crippen molar-refractivity contribution < 1.29 is 4.79 Å². The van der Waals surface area contributed by atoms with Crippen LogP contribution in [0.2, 0.25) is 0 Å². The molecule has 168 valence electrons. The number of carbonyl (C=O) groups is 1.